The number of fused-ring (bicyclic) bond motifs is 3. The molecule has 0 aromatic heterocycles. The molecule has 0 spiro atoms. The van der Waals surface area contributed by atoms with E-state index >= 15 is 0 Å². The third kappa shape index (κ3) is 10.1. The topological polar surface area (TPSA) is 0 Å². The Balaban J connectivity index is 0.00000114. The molecule has 0 fully saturated rings. The van der Waals surface area contributed by atoms with Gasteiger partial charge in [-0.2, -0.15) is 17.9 Å². The molecule has 0 aliphatic heterocycles. The van der Waals surface area contributed by atoms with E-state index in [0.29, 0.717) is 0 Å². The molecule has 2 aromatic rings. The van der Waals surface area contributed by atoms with E-state index in [1.54, 1.807) is 0 Å². The average molecular weight is 553 g/mol. The van der Waals surface area contributed by atoms with Crippen LogP contribution in [0.5, 0.6) is 0 Å². The smallest absolute Gasteiger partial charge is 1.00 e. The molecular weight excluding hydrogens is 522 g/mol. The average Bonchev–Trinajstić information content (AvgIpc) is 3.34. The van der Waals surface area contributed by atoms with Crippen LogP contribution in [0.2, 0.25) is 0 Å². The van der Waals surface area contributed by atoms with Crippen LogP contribution < -0.4 is 24.8 Å². The Morgan fingerprint density at radius 3 is 2.00 bits per heavy atom. The number of allylic oxidation sites excluding steroid dienone is 4. The molecule has 0 atom stereocenters. The summed E-state index contributed by atoms with van der Waals surface area (Å²) < 4.78 is 0. The maximum absolute atomic E-state index is 3.51. The summed E-state index contributed by atoms with van der Waals surface area (Å²) in [6.07, 6.45) is 10.9. The second-order valence-electron chi connectivity index (χ2n) is 9.82. The summed E-state index contributed by atoms with van der Waals surface area (Å²) in [6.45, 7) is 12.8. The molecule has 0 nitrogen and oxygen atoms in total. The summed E-state index contributed by atoms with van der Waals surface area (Å²) in [5, 5.41) is 0. The van der Waals surface area contributed by atoms with Gasteiger partial charge in [0.15, 0.2) is 0 Å². The fraction of sp³-hybridized carbons (Fsp3) is 0.333. The molecule has 0 radical (unpaired) electrons. The Morgan fingerprint density at radius 1 is 0.818 bits per heavy atom. The van der Waals surface area contributed by atoms with Crippen molar-refractivity contribution in [3.05, 3.63) is 83.0 Å². The van der Waals surface area contributed by atoms with Gasteiger partial charge in [-0.1, -0.05) is 29.0 Å². The molecule has 168 valence electrons. The molecule has 0 heterocycles. The van der Waals surface area contributed by atoms with Crippen molar-refractivity contribution in [1.29, 1.82) is 0 Å². The molecule has 2 aromatic carbocycles. The van der Waals surface area contributed by atoms with E-state index in [4.69, 9.17) is 0 Å². The third-order valence-electron chi connectivity index (χ3n) is 4.53. The Hall–Kier alpha value is -1.50. The minimum atomic E-state index is 0. The molecule has 0 bridgehead atoms. The first-order valence-corrected chi connectivity index (χ1v) is 10.6. The van der Waals surface area contributed by atoms with Crippen molar-refractivity contribution < 1.29 is 51.0 Å². The minimum Gasteiger partial charge on any atom is -1.00 e. The molecule has 0 saturated carbocycles. The van der Waals surface area contributed by atoms with Crippen LogP contribution in [0.1, 0.15) is 70.2 Å². The summed E-state index contributed by atoms with van der Waals surface area (Å²) in [6, 6.07) is 14.3. The van der Waals surface area contributed by atoms with Gasteiger partial charge in [0.05, 0.1) is 0 Å². The maximum Gasteiger partial charge on any atom is 4.00 e. The molecule has 3 heteroatoms. The SMILES string of the molecule is CC(C)(C)C#Cc1[c-]c2c(cc1)-c1ccc(C#CC(C)(C)C)cc1C2.[C-]1=CC=CC1.[Cl-].[Cl-].[Zr+4]. The largest absolute Gasteiger partial charge is 4.00 e. The third-order valence-corrected chi connectivity index (χ3v) is 4.53. The molecule has 33 heavy (non-hydrogen) atoms. The predicted molar refractivity (Wildman–Crippen MR) is 128 cm³/mol. The van der Waals surface area contributed by atoms with Gasteiger partial charge in [0.25, 0.3) is 0 Å². The summed E-state index contributed by atoms with van der Waals surface area (Å²) in [7, 11) is 0. The Labute approximate surface area is 232 Å². The quantitative estimate of drug-likeness (QED) is 0.290. The van der Waals surface area contributed by atoms with E-state index in [1.807, 2.05) is 12.2 Å². The zero-order valence-corrected chi connectivity index (χ0v) is 24.3. The second kappa shape index (κ2) is 13.4. The molecule has 4 rings (SSSR count). The predicted octanol–water partition coefficient (Wildman–Crippen LogP) is 1.16. The van der Waals surface area contributed by atoms with Crippen molar-refractivity contribution in [1.82, 2.24) is 0 Å². The fourth-order valence-electron chi connectivity index (χ4n) is 3.13. The number of hydrogen-bond acceptors (Lipinski definition) is 0. The second-order valence-corrected chi connectivity index (χ2v) is 9.82. The van der Waals surface area contributed by atoms with E-state index in [1.165, 1.54) is 22.3 Å². The fourth-order valence-corrected chi connectivity index (χ4v) is 3.13. The van der Waals surface area contributed by atoms with Crippen molar-refractivity contribution in [2.75, 3.05) is 0 Å². The van der Waals surface area contributed by atoms with Crippen LogP contribution in [0, 0.1) is 46.7 Å². The van der Waals surface area contributed by atoms with Gasteiger partial charge < -0.3 is 24.8 Å². The van der Waals surface area contributed by atoms with E-state index in [0.717, 1.165) is 24.0 Å². The zero-order chi connectivity index (χ0) is 21.8. The van der Waals surface area contributed by atoms with Gasteiger partial charge in [0.2, 0.25) is 0 Å². The first-order chi connectivity index (χ1) is 14.1. The molecule has 0 unspecified atom stereocenters. The monoisotopic (exact) mass is 550 g/mol. The summed E-state index contributed by atoms with van der Waals surface area (Å²) in [5.41, 5.74) is 7.29. The van der Waals surface area contributed by atoms with E-state index < -0.39 is 0 Å². The van der Waals surface area contributed by atoms with Gasteiger partial charge in [-0.25, -0.2) is 12.2 Å². The number of halogens is 2. The van der Waals surface area contributed by atoms with Gasteiger partial charge in [0.1, 0.15) is 0 Å². The van der Waals surface area contributed by atoms with Crippen LogP contribution >= 0.6 is 0 Å². The van der Waals surface area contributed by atoms with Gasteiger partial charge in [0, 0.05) is 16.4 Å². The van der Waals surface area contributed by atoms with Crippen LogP contribution in [0.3, 0.4) is 0 Å². The minimum absolute atomic E-state index is 0. The van der Waals surface area contributed by atoms with Crippen molar-refractivity contribution in [2.45, 2.75) is 54.4 Å². The van der Waals surface area contributed by atoms with Crippen LogP contribution in [0.4, 0.5) is 0 Å². The molecule has 0 amide bonds. The van der Waals surface area contributed by atoms with E-state index in [-0.39, 0.29) is 61.8 Å². The normalized spacial score (nSPS) is 12.1. The van der Waals surface area contributed by atoms with Gasteiger partial charge in [-0.15, -0.1) is 35.7 Å². The standard InChI is InChI=1S/C25H25.C5H5.2ClH.Zr/c1-24(2,3)13-11-18-7-9-22-20(15-18)17-21-16-19(8-10-23(21)22)12-14-25(4,5)6;1-2-4-5-3-1;;;/h7-10,15H,17H2,1-6H3;1-3H,4H2;2*1H;/q2*-1;;;+4/p-2. The summed E-state index contributed by atoms with van der Waals surface area (Å²) in [4.78, 5) is 0. The summed E-state index contributed by atoms with van der Waals surface area (Å²) >= 11 is 0. The van der Waals surface area contributed by atoms with Crippen LogP contribution in [-0.4, -0.2) is 0 Å². The molecule has 2 aliphatic carbocycles. The Bertz CT molecular complexity index is 1030. The van der Waals surface area contributed by atoms with E-state index in [2.05, 4.69) is 114 Å². The van der Waals surface area contributed by atoms with Crippen molar-refractivity contribution in [3.63, 3.8) is 0 Å². The Kier molecular flexibility index (Phi) is 12.8. The van der Waals surface area contributed by atoms with Crippen molar-refractivity contribution in [3.8, 4) is 34.8 Å². The number of benzene rings is 2. The zero-order valence-electron chi connectivity index (χ0n) is 20.3. The maximum atomic E-state index is 3.51. The molecular formula is C30H30Cl2Zr. The van der Waals surface area contributed by atoms with E-state index in [9.17, 15) is 0 Å². The number of rotatable bonds is 0. The summed E-state index contributed by atoms with van der Waals surface area (Å²) in [5.74, 6) is 13.2. The Morgan fingerprint density at radius 2 is 1.45 bits per heavy atom. The van der Waals surface area contributed by atoms with Gasteiger partial charge >= 0.3 is 26.2 Å². The first kappa shape index (κ1) is 31.5. The van der Waals surface area contributed by atoms with Crippen molar-refractivity contribution in [2.24, 2.45) is 10.8 Å². The van der Waals surface area contributed by atoms with Crippen molar-refractivity contribution >= 4 is 0 Å². The first-order valence-electron chi connectivity index (χ1n) is 10.6. The van der Waals surface area contributed by atoms with Gasteiger partial charge in [-0.3, -0.25) is 6.08 Å². The molecule has 0 saturated heterocycles. The molecule has 2 aliphatic rings. The number of hydrogen-bond donors (Lipinski definition) is 0. The van der Waals surface area contributed by atoms with Crippen LogP contribution in [0.15, 0.2) is 48.6 Å². The van der Waals surface area contributed by atoms with Crippen LogP contribution in [0.25, 0.3) is 11.1 Å². The van der Waals surface area contributed by atoms with Crippen LogP contribution in [-0.2, 0) is 32.6 Å². The van der Waals surface area contributed by atoms with Gasteiger partial charge in [-0.05, 0) is 65.7 Å². The molecule has 0 N–H and O–H groups in total.